The van der Waals surface area contributed by atoms with Crippen molar-refractivity contribution in [3.05, 3.63) is 122 Å². The fraction of sp³-hybridized carbons (Fsp3) is 0.219. The van der Waals surface area contributed by atoms with E-state index in [0.29, 0.717) is 17.7 Å². The van der Waals surface area contributed by atoms with Crippen molar-refractivity contribution in [3.8, 4) is 5.69 Å². The molecule has 4 aromatic rings. The summed E-state index contributed by atoms with van der Waals surface area (Å²) in [5, 5.41) is 4.97. The first-order valence-corrected chi connectivity index (χ1v) is 15.8. The molecule has 0 aliphatic rings. The molecule has 2 amide bonds. The summed E-state index contributed by atoms with van der Waals surface area (Å²) < 4.78 is 59.9. The number of amides is 2. The first kappa shape index (κ1) is 35.5. The van der Waals surface area contributed by atoms with Gasteiger partial charge < -0.3 is 20.0 Å². The summed E-state index contributed by atoms with van der Waals surface area (Å²) in [4.78, 5) is 61.6. The first-order valence-electron chi connectivity index (χ1n) is 14.3. The number of carbonyl (C=O) groups is 3. The Balaban J connectivity index is 1.48. The molecule has 4 rings (SSSR count). The summed E-state index contributed by atoms with van der Waals surface area (Å²) in [5.74, 6) is -4.24. The Kier molecular flexibility index (Phi) is 10.2. The SMILES string of the molecule is [B]C(=O)[C@H](Cc1ccc(-n2c(=O)ccn(C)c2=O)cc1)NC(=O)c1cc(F)c(NS(=O)(=O)c2ccc(C(=O)NC(C)(C)C)cc2)cc1F. The summed E-state index contributed by atoms with van der Waals surface area (Å²) in [5.41, 5.74) is -3.41. The number of aryl methyl sites for hydroxylation is 1. The highest BCUT2D eigenvalue weighted by atomic mass is 32.2. The first-order chi connectivity index (χ1) is 22.4. The van der Waals surface area contributed by atoms with Crippen LogP contribution in [0.1, 0.15) is 47.1 Å². The number of nitrogens with zero attached hydrogens (tertiary/aromatic N) is 2. The van der Waals surface area contributed by atoms with E-state index in [4.69, 9.17) is 7.85 Å². The van der Waals surface area contributed by atoms with E-state index in [-0.39, 0.29) is 22.6 Å². The summed E-state index contributed by atoms with van der Waals surface area (Å²) in [7, 11) is 2.48. The van der Waals surface area contributed by atoms with Crippen molar-refractivity contribution >= 4 is 41.1 Å². The van der Waals surface area contributed by atoms with Crippen LogP contribution >= 0.6 is 0 Å². The van der Waals surface area contributed by atoms with E-state index in [2.05, 4.69) is 10.6 Å². The number of hydrogen-bond donors (Lipinski definition) is 3. The molecule has 12 nitrogen and oxygen atoms in total. The highest BCUT2D eigenvalue weighted by Crippen LogP contribution is 2.24. The maximum Gasteiger partial charge on any atom is 0.335 e. The lowest BCUT2D eigenvalue weighted by molar-refractivity contribution is -0.113. The lowest BCUT2D eigenvalue weighted by Crippen LogP contribution is -2.43. The molecule has 0 aliphatic carbocycles. The van der Waals surface area contributed by atoms with Gasteiger partial charge in [0.15, 0.2) is 7.85 Å². The van der Waals surface area contributed by atoms with Crippen molar-refractivity contribution in [3.63, 3.8) is 0 Å². The van der Waals surface area contributed by atoms with Crippen molar-refractivity contribution in [2.45, 2.75) is 43.7 Å². The number of anilines is 1. The van der Waals surface area contributed by atoms with Crippen LogP contribution in [-0.2, 0) is 28.3 Å². The van der Waals surface area contributed by atoms with Crippen LogP contribution in [0, 0.1) is 11.6 Å². The van der Waals surface area contributed by atoms with E-state index in [1.807, 2.05) is 4.72 Å². The Morgan fingerprint density at radius 3 is 2.10 bits per heavy atom. The standard InChI is InChI=1S/C32H30BF2N5O7S/c1-32(2,3)37-29(43)19-7-11-21(12-8-19)48(46,47)38-25-17-23(34)22(16-24(25)35)30(44)36-26(28(33)42)15-18-5-9-20(10-6-18)40-27(41)13-14-39(4)31(40)45/h5-14,16-17,26,38H,15H2,1-4H3,(H,36,44)(H,37,43)/t26-/m0/s1. The van der Waals surface area contributed by atoms with E-state index in [1.165, 1.54) is 60.3 Å². The molecule has 0 unspecified atom stereocenters. The molecule has 0 saturated heterocycles. The molecule has 3 N–H and O–H groups in total. The predicted octanol–water partition coefficient (Wildman–Crippen LogP) is 2.18. The molecule has 16 heteroatoms. The van der Waals surface area contributed by atoms with Crippen LogP contribution in [0.5, 0.6) is 0 Å². The van der Waals surface area contributed by atoms with Crippen LogP contribution in [0.2, 0.25) is 0 Å². The van der Waals surface area contributed by atoms with Gasteiger partial charge in [0.25, 0.3) is 27.4 Å². The van der Waals surface area contributed by atoms with Gasteiger partial charge >= 0.3 is 5.69 Å². The molecule has 0 saturated carbocycles. The average molecular weight is 677 g/mol. The molecular formula is C32H30BF2N5O7S. The normalized spacial score (nSPS) is 12.2. The minimum Gasteiger partial charge on any atom is -0.347 e. The van der Waals surface area contributed by atoms with Crippen LogP contribution in [0.15, 0.2) is 87.4 Å². The van der Waals surface area contributed by atoms with E-state index in [1.54, 1.807) is 20.8 Å². The molecule has 0 bridgehead atoms. The maximum absolute atomic E-state index is 15.0. The van der Waals surface area contributed by atoms with Gasteiger partial charge in [0.1, 0.15) is 11.6 Å². The summed E-state index contributed by atoms with van der Waals surface area (Å²) in [6, 6.07) is 11.4. The van der Waals surface area contributed by atoms with Gasteiger partial charge in [0.2, 0.25) is 0 Å². The van der Waals surface area contributed by atoms with Crippen LogP contribution in [0.25, 0.3) is 5.69 Å². The van der Waals surface area contributed by atoms with Crippen molar-refractivity contribution in [2.75, 3.05) is 4.72 Å². The quantitative estimate of drug-likeness (QED) is 0.217. The number of halogens is 2. The zero-order valence-electron chi connectivity index (χ0n) is 26.2. The topological polar surface area (TPSA) is 165 Å². The van der Waals surface area contributed by atoms with Crippen molar-refractivity contribution in [1.82, 2.24) is 19.8 Å². The second-order valence-corrected chi connectivity index (χ2v) is 13.5. The molecule has 3 aromatic carbocycles. The number of rotatable bonds is 10. The minimum atomic E-state index is -4.44. The number of carbonyl (C=O) groups excluding carboxylic acids is 3. The van der Waals surface area contributed by atoms with Crippen LogP contribution in [-0.4, -0.2) is 54.5 Å². The van der Waals surface area contributed by atoms with Crippen molar-refractivity contribution in [2.24, 2.45) is 7.05 Å². The highest BCUT2D eigenvalue weighted by Gasteiger charge is 2.24. The van der Waals surface area contributed by atoms with Crippen LogP contribution < -0.4 is 26.6 Å². The Labute approximate surface area is 275 Å². The molecule has 1 atom stereocenters. The summed E-state index contributed by atoms with van der Waals surface area (Å²) >= 11 is 0. The molecule has 0 spiro atoms. The van der Waals surface area contributed by atoms with E-state index in [0.717, 1.165) is 16.7 Å². The molecule has 248 valence electrons. The number of sulfonamides is 1. The van der Waals surface area contributed by atoms with Crippen molar-refractivity contribution < 1.29 is 31.6 Å². The van der Waals surface area contributed by atoms with Gasteiger partial charge in [-0.05, 0) is 75.2 Å². The number of benzene rings is 3. The molecule has 1 aromatic heterocycles. The summed E-state index contributed by atoms with van der Waals surface area (Å²) in [6.07, 6.45) is 1.15. The van der Waals surface area contributed by atoms with Gasteiger partial charge in [-0.3, -0.25) is 19.1 Å². The van der Waals surface area contributed by atoms with Crippen LogP contribution in [0.3, 0.4) is 0 Å². The van der Waals surface area contributed by atoms with Gasteiger partial charge in [-0.15, -0.1) is 0 Å². The molecule has 1 heterocycles. The fourth-order valence-electron chi connectivity index (χ4n) is 4.48. The Bertz CT molecular complexity index is 2130. The van der Waals surface area contributed by atoms with E-state index in [9.17, 15) is 32.4 Å². The third-order valence-corrected chi connectivity index (χ3v) is 8.28. The monoisotopic (exact) mass is 677 g/mol. The van der Waals surface area contributed by atoms with Gasteiger partial charge in [-0.1, -0.05) is 12.1 Å². The second kappa shape index (κ2) is 13.8. The summed E-state index contributed by atoms with van der Waals surface area (Å²) in [6.45, 7) is 5.32. The van der Waals surface area contributed by atoms with Gasteiger partial charge in [0, 0.05) is 36.5 Å². The molecule has 48 heavy (non-hydrogen) atoms. The van der Waals surface area contributed by atoms with Gasteiger partial charge in [-0.2, -0.15) is 0 Å². The number of hydrogen-bond acceptors (Lipinski definition) is 7. The Morgan fingerprint density at radius 1 is 0.896 bits per heavy atom. The Hall–Kier alpha value is -5.38. The number of aromatic nitrogens is 2. The lowest BCUT2D eigenvalue weighted by Gasteiger charge is -2.20. The maximum atomic E-state index is 15.0. The fourth-order valence-corrected chi connectivity index (χ4v) is 5.54. The highest BCUT2D eigenvalue weighted by molar-refractivity contribution is 7.92. The van der Waals surface area contributed by atoms with Gasteiger partial charge in [0.05, 0.1) is 33.6 Å². The zero-order valence-corrected chi connectivity index (χ0v) is 27.0. The smallest absolute Gasteiger partial charge is 0.335 e. The van der Waals surface area contributed by atoms with E-state index >= 15 is 8.78 Å². The zero-order chi connectivity index (χ0) is 35.6. The van der Waals surface area contributed by atoms with Crippen molar-refractivity contribution in [1.29, 1.82) is 0 Å². The minimum absolute atomic E-state index is 0.179. The third-order valence-electron chi connectivity index (χ3n) is 6.90. The second-order valence-electron chi connectivity index (χ2n) is 11.8. The third kappa shape index (κ3) is 8.31. The van der Waals surface area contributed by atoms with Crippen LogP contribution in [0.4, 0.5) is 14.5 Å². The molecule has 0 aliphatic heterocycles. The largest absolute Gasteiger partial charge is 0.347 e. The molecule has 2 radical (unpaired) electrons. The average Bonchev–Trinajstić information content (AvgIpc) is 3.00. The van der Waals surface area contributed by atoms with E-state index < -0.39 is 73.2 Å². The molecular weight excluding hydrogens is 647 g/mol. The number of nitrogens with one attached hydrogen (secondary N) is 3. The van der Waals surface area contributed by atoms with Gasteiger partial charge in [-0.25, -0.2) is 26.6 Å². The Morgan fingerprint density at radius 2 is 1.52 bits per heavy atom. The molecule has 0 fully saturated rings. The predicted molar refractivity (Wildman–Crippen MR) is 174 cm³/mol. The lowest BCUT2D eigenvalue weighted by atomic mass is 9.90.